The molecule has 0 saturated carbocycles. The lowest BCUT2D eigenvalue weighted by molar-refractivity contribution is 0.355. The standard InChI is InChI=1S/C12H14N4O2/c1-17-9-4-3-8(7-10(9)18-2)12-14-6-5-11(15-12)16-13/h3-7H,13H2,1-2H3,(H,14,15,16). The van der Waals surface area contributed by atoms with Crippen LogP contribution in [0.25, 0.3) is 11.4 Å². The smallest absolute Gasteiger partial charge is 0.161 e. The largest absolute Gasteiger partial charge is 0.493 e. The van der Waals surface area contributed by atoms with Gasteiger partial charge in [0.1, 0.15) is 5.82 Å². The van der Waals surface area contributed by atoms with Crippen LogP contribution in [-0.4, -0.2) is 24.2 Å². The van der Waals surface area contributed by atoms with Crippen molar-refractivity contribution in [2.24, 2.45) is 5.84 Å². The van der Waals surface area contributed by atoms with Gasteiger partial charge in [0.2, 0.25) is 0 Å². The molecule has 0 amide bonds. The topological polar surface area (TPSA) is 82.3 Å². The van der Waals surface area contributed by atoms with Crippen LogP contribution in [0.1, 0.15) is 0 Å². The molecule has 2 aromatic rings. The third-order valence-corrected chi connectivity index (χ3v) is 2.45. The van der Waals surface area contributed by atoms with Gasteiger partial charge in [-0.05, 0) is 18.2 Å². The summed E-state index contributed by atoms with van der Waals surface area (Å²) >= 11 is 0. The van der Waals surface area contributed by atoms with E-state index in [-0.39, 0.29) is 0 Å². The summed E-state index contributed by atoms with van der Waals surface area (Å²) in [6, 6.07) is 7.16. The molecule has 0 unspecified atom stereocenters. The van der Waals surface area contributed by atoms with Crippen molar-refractivity contribution in [1.82, 2.24) is 9.97 Å². The van der Waals surface area contributed by atoms with Crippen LogP contribution in [0.2, 0.25) is 0 Å². The number of aromatic nitrogens is 2. The molecule has 0 bridgehead atoms. The van der Waals surface area contributed by atoms with E-state index < -0.39 is 0 Å². The van der Waals surface area contributed by atoms with Gasteiger partial charge in [-0.25, -0.2) is 15.8 Å². The number of nitrogens with one attached hydrogen (secondary N) is 1. The Morgan fingerprint density at radius 3 is 2.56 bits per heavy atom. The van der Waals surface area contributed by atoms with Gasteiger partial charge >= 0.3 is 0 Å². The second kappa shape index (κ2) is 5.33. The first-order valence-corrected chi connectivity index (χ1v) is 5.30. The lowest BCUT2D eigenvalue weighted by atomic mass is 10.2. The summed E-state index contributed by atoms with van der Waals surface area (Å²) in [6.45, 7) is 0. The van der Waals surface area contributed by atoms with Gasteiger partial charge in [0.15, 0.2) is 17.3 Å². The number of nitrogen functional groups attached to an aromatic ring is 1. The number of nitrogens with zero attached hydrogens (tertiary/aromatic N) is 2. The molecular weight excluding hydrogens is 232 g/mol. The van der Waals surface area contributed by atoms with Crippen LogP contribution in [0.4, 0.5) is 5.82 Å². The van der Waals surface area contributed by atoms with Crippen LogP contribution < -0.4 is 20.7 Å². The second-order valence-corrected chi connectivity index (χ2v) is 3.48. The lowest BCUT2D eigenvalue weighted by Gasteiger charge is -2.09. The molecular formula is C12H14N4O2. The predicted molar refractivity (Wildman–Crippen MR) is 68.4 cm³/mol. The van der Waals surface area contributed by atoms with Gasteiger partial charge in [-0.15, -0.1) is 0 Å². The molecule has 2 rings (SSSR count). The van der Waals surface area contributed by atoms with Crippen LogP contribution in [0, 0.1) is 0 Å². The molecule has 0 atom stereocenters. The SMILES string of the molecule is COc1ccc(-c2nccc(NN)n2)cc1OC. The number of anilines is 1. The van der Waals surface area contributed by atoms with Crippen molar-refractivity contribution in [2.45, 2.75) is 0 Å². The highest BCUT2D eigenvalue weighted by Gasteiger charge is 2.08. The average Bonchev–Trinajstić information content (AvgIpc) is 2.46. The molecule has 1 aromatic carbocycles. The molecule has 0 radical (unpaired) electrons. The van der Waals surface area contributed by atoms with E-state index in [1.165, 1.54) is 0 Å². The Labute approximate surface area is 105 Å². The first-order chi connectivity index (χ1) is 8.78. The maximum atomic E-state index is 5.31. The number of hydrogen-bond acceptors (Lipinski definition) is 6. The minimum Gasteiger partial charge on any atom is -0.493 e. The number of hydrogen-bond donors (Lipinski definition) is 2. The monoisotopic (exact) mass is 246 g/mol. The Balaban J connectivity index is 2.43. The zero-order valence-corrected chi connectivity index (χ0v) is 10.2. The summed E-state index contributed by atoms with van der Waals surface area (Å²) < 4.78 is 10.4. The van der Waals surface area contributed by atoms with Crippen LogP contribution in [0.15, 0.2) is 30.5 Å². The first kappa shape index (κ1) is 12.1. The van der Waals surface area contributed by atoms with Gasteiger partial charge in [0, 0.05) is 17.8 Å². The summed E-state index contributed by atoms with van der Waals surface area (Å²) in [6.07, 6.45) is 1.63. The van der Waals surface area contributed by atoms with Crippen molar-refractivity contribution >= 4 is 5.82 Å². The Morgan fingerprint density at radius 2 is 1.89 bits per heavy atom. The van der Waals surface area contributed by atoms with Gasteiger partial charge in [0.05, 0.1) is 14.2 Å². The summed E-state index contributed by atoms with van der Waals surface area (Å²) in [5, 5.41) is 0. The molecule has 0 spiro atoms. The highest BCUT2D eigenvalue weighted by molar-refractivity contribution is 5.62. The zero-order valence-electron chi connectivity index (χ0n) is 10.2. The first-order valence-electron chi connectivity index (χ1n) is 5.30. The fourth-order valence-corrected chi connectivity index (χ4v) is 1.55. The van der Waals surface area contributed by atoms with E-state index in [0.717, 1.165) is 5.56 Å². The van der Waals surface area contributed by atoms with Gasteiger partial charge in [0.25, 0.3) is 0 Å². The Hall–Kier alpha value is -2.34. The number of benzene rings is 1. The van der Waals surface area contributed by atoms with Crippen LogP contribution in [0.5, 0.6) is 11.5 Å². The molecule has 94 valence electrons. The minimum atomic E-state index is 0.551. The molecule has 0 aliphatic rings. The summed E-state index contributed by atoms with van der Waals surface area (Å²) in [5.74, 6) is 7.72. The maximum Gasteiger partial charge on any atom is 0.161 e. The number of nitrogens with two attached hydrogens (primary N) is 1. The van der Waals surface area contributed by atoms with Gasteiger partial charge < -0.3 is 14.9 Å². The molecule has 0 aliphatic heterocycles. The highest BCUT2D eigenvalue weighted by atomic mass is 16.5. The van der Waals surface area contributed by atoms with Gasteiger partial charge in [-0.3, -0.25) is 0 Å². The normalized spacial score (nSPS) is 9.94. The lowest BCUT2D eigenvalue weighted by Crippen LogP contribution is -2.09. The van der Waals surface area contributed by atoms with E-state index in [2.05, 4.69) is 15.4 Å². The fourth-order valence-electron chi connectivity index (χ4n) is 1.55. The third kappa shape index (κ3) is 2.33. The zero-order chi connectivity index (χ0) is 13.0. The van der Waals surface area contributed by atoms with E-state index in [0.29, 0.717) is 23.1 Å². The molecule has 6 nitrogen and oxygen atoms in total. The Morgan fingerprint density at radius 1 is 1.11 bits per heavy atom. The second-order valence-electron chi connectivity index (χ2n) is 3.48. The molecule has 0 aliphatic carbocycles. The van der Waals surface area contributed by atoms with Crippen molar-refractivity contribution < 1.29 is 9.47 Å². The summed E-state index contributed by atoms with van der Waals surface area (Å²) in [4.78, 5) is 8.43. The van der Waals surface area contributed by atoms with Crippen molar-refractivity contribution in [3.8, 4) is 22.9 Å². The predicted octanol–water partition coefficient (Wildman–Crippen LogP) is 1.45. The number of rotatable bonds is 4. The fraction of sp³-hybridized carbons (Fsp3) is 0.167. The summed E-state index contributed by atoms with van der Waals surface area (Å²) in [5.41, 5.74) is 3.31. The minimum absolute atomic E-state index is 0.551. The number of ether oxygens (including phenoxy) is 2. The van der Waals surface area contributed by atoms with E-state index in [9.17, 15) is 0 Å². The molecule has 1 heterocycles. The van der Waals surface area contributed by atoms with Crippen molar-refractivity contribution in [2.75, 3.05) is 19.6 Å². The Bertz CT molecular complexity index is 545. The molecule has 18 heavy (non-hydrogen) atoms. The molecule has 6 heteroatoms. The van der Waals surface area contributed by atoms with E-state index in [1.54, 1.807) is 32.5 Å². The van der Waals surface area contributed by atoms with E-state index in [1.807, 2.05) is 12.1 Å². The van der Waals surface area contributed by atoms with Gasteiger partial charge in [-0.2, -0.15) is 0 Å². The molecule has 0 saturated heterocycles. The van der Waals surface area contributed by atoms with Crippen molar-refractivity contribution in [3.05, 3.63) is 30.5 Å². The molecule has 3 N–H and O–H groups in total. The summed E-state index contributed by atoms with van der Waals surface area (Å²) in [7, 11) is 3.17. The van der Waals surface area contributed by atoms with E-state index in [4.69, 9.17) is 15.3 Å². The quantitative estimate of drug-likeness (QED) is 0.627. The van der Waals surface area contributed by atoms with Crippen LogP contribution in [-0.2, 0) is 0 Å². The van der Waals surface area contributed by atoms with Crippen LogP contribution in [0.3, 0.4) is 0 Å². The highest BCUT2D eigenvalue weighted by Crippen LogP contribution is 2.31. The van der Waals surface area contributed by atoms with Gasteiger partial charge in [-0.1, -0.05) is 0 Å². The van der Waals surface area contributed by atoms with Crippen molar-refractivity contribution in [1.29, 1.82) is 0 Å². The van der Waals surface area contributed by atoms with E-state index >= 15 is 0 Å². The van der Waals surface area contributed by atoms with Crippen molar-refractivity contribution in [3.63, 3.8) is 0 Å². The number of methoxy groups -OCH3 is 2. The molecule has 1 aromatic heterocycles. The Kier molecular flexibility index (Phi) is 3.59. The third-order valence-electron chi connectivity index (χ3n) is 2.45. The van der Waals surface area contributed by atoms with Crippen LogP contribution >= 0.6 is 0 Å². The maximum absolute atomic E-state index is 5.31. The average molecular weight is 246 g/mol. The molecule has 0 fully saturated rings. The number of hydrazine groups is 1.